The van der Waals surface area contributed by atoms with E-state index >= 15 is 13.2 Å². The van der Waals surface area contributed by atoms with Gasteiger partial charge in [-0.05, 0) is 73.6 Å². The van der Waals surface area contributed by atoms with E-state index in [1.165, 1.54) is 32.6 Å². The van der Waals surface area contributed by atoms with Crippen molar-refractivity contribution in [1.29, 1.82) is 0 Å². The summed E-state index contributed by atoms with van der Waals surface area (Å²) in [7, 11) is 3.41. The monoisotopic (exact) mass is 891 g/mol. The van der Waals surface area contributed by atoms with Crippen molar-refractivity contribution >= 4 is 52.3 Å². The first-order chi connectivity index (χ1) is 31.3. The second-order valence-electron chi connectivity index (χ2n) is 17.7. The molecule has 2 atom stereocenters. The molecule has 19 heteroatoms. The van der Waals surface area contributed by atoms with E-state index in [1.54, 1.807) is 39.4 Å². The van der Waals surface area contributed by atoms with Crippen molar-refractivity contribution in [1.82, 2.24) is 40.0 Å². The molecule has 3 saturated heterocycles. The molecular weight excluding hydrogens is 844 g/mol. The maximum atomic E-state index is 16.1. The number of piperidine rings is 1. The van der Waals surface area contributed by atoms with Gasteiger partial charge in [-0.3, -0.25) is 34.5 Å². The minimum Gasteiger partial charge on any atom is -0.385 e. The summed E-state index contributed by atoms with van der Waals surface area (Å²) in [5.41, 5.74) is 4.58. The number of pyridine rings is 1. The van der Waals surface area contributed by atoms with Gasteiger partial charge in [0, 0.05) is 94.6 Å². The van der Waals surface area contributed by atoms with Crippen LogP contribution in [0.4, 0.5) is 40.8 Å². The number of hydrogen-bond donors (Lipinski definition) is 3. The molecule has 7 heterocycles. The van der Waals surface area contributed by atoms with Crippen LogP contribution in [0, 0.1) is 18.2 Å². The fraction of sp³-hybridized carbons (Fsp3) is 0.413. The second-order valence-corrected chi connectivity index (χ2v) is 17.7. The highest BCUT2D eigenvalue weighted by atomic mass is 19.3. The van der Waals surface area contributed by atoms with Crippen LogP contribution in [0.3, 0.4) is 0 Å². The van der Waals surface area contributed by atoms with Crippen molar-refractivity contribution in [3.05, 3.63) is 94.7 Å². The minimum atomic E-state index is -3.18. The predicted molar refractivity (Wildman–Crippen MR) is 234 cm³/mol. The first kappa shape index (κ1) is 42.4. The lowest BCUT2D eigenvalue weighted by Crippen LogP contribution is -2.70. The number of alkyl halides is 2. The molecular formula is C46H48F3N11O5. The molecule has 1 saturated carbocycles. The molecule has 4 aliphatic heterocycles. The molecule has 5 aliphatic rings. The predicted octanol–water partition coefficient (Wildman–Crippen LogP) is 5.31. The topological polar surface area (TPSA) is 170 Å². The van der Waals surface area contributed by atoms with Gasteiger partial charge in [-0.25, -0.2) is 27.5 Å². The molecule has 2 aromatic carbocycles. The van der Waals surface area contributed by atoms with Crippen LogP contribution in [0.25, 0.3) is 16.9 Å². The van der Waals surface area contributed by atoms with Gasteiger partial charge in [-0.1, -0.05) is 18.2 Å². The Labute approximate surface area is 372 Å². The number of ether oxygens (including phenoxy) is 1. The average Bonchev–Trinajstić information content (AvgIpc) is 3.90. The van der Waals surface area contributed by atoms with Gasteiger partial charge >= 0.3 is 6.03 Å². The SMILES string of the molecule is CNc1cc(N2CCc3c(-c4ncc(CN5CC6(CCN(C(=O)c7ccc(C)c(N8CCC(=O)NC8=O)c7)CC6(F)F)C5)cc4F)cccc32)nn2c(C(=O)NC3CC[C@H]3OC)cnc12. The first-order valence-corrected chi connectivity index (χ1v) is 21.8. The maximum absolute atomic E-state index is 16.1. The van der Waals surface area contributed by atoms with Crippen molar-refractivity contribution in [3.63, 3.8) is 0 Å². The van der Waals surface area contributed by atoms with Crippen LogP contribution >= 0.6 is 0 Å². The first-order valence-electron chi connectivity index (χ1n) is 21.8. The number of hydrogen-bond acceptors (Lipinski definition) is 11. The Morgan fingerprint density at radius 3 is 2.49 bits per heavy atom. The zero-order valence-corrected chi connectivity index (χ0v) is 36.2. The van der Waals surface area contributed by atoms with Crippen LogP contribution < -0.4 is 25.8 Å². The lowest BCUT2D eigenvalue weighted by molar-refractivity contribution is -0.220. The summed E-state index contributed by atoms with van der Waals surface area (Å²) in [6, 6.07) is 13.0. The molecule has 1 unspecified atom stereocenters. The zero-order chi connectivity index (χ0) is 45.4. The normalized spacial score (nSPS) is 21.2. The Bertz CT molecular complexity index is 2770. The van der Waals surface area contributed by atoms with Crippen LogP contribution in [0.2, 0.25) is 0 Å². The third kappa shape index (κ3) is 7.30. The van der Waals surface area contributed by atoms with Crippen molar-refractivity contribution in [2.75, 3.05) is 68.5 Å². The van der Waals surface area contributed by atoms with Crippen molar-refractivity contribution in [3.8, 4) is 11.3 Å². The number of fused-ring (bicyclic) bond motifs is 2. The fourth-order valence-corrected chi connectivity index (χ4v) is 10.0. The Kier molecular flexibility index (Phi) is 10.5. The average molecular weight is 892 g/mol. The number of nitrogens with one attached hydrogen (secondary N) is 3. The molecule has 4 fully saturated rings. The molecule has 1 spiro atoms. The van der Waals surface area contributed by atoms with Gasteiger partial charge in [0.15, 0.2) is 17.2 Å². The van der Waals surface area contributed by atoms with E-state index in [1.807, 2.05) is 34.1 Å². The lowest BCUT2D eigenvalue weighted by atomic mass is 9.69. The van der Waals surface area contributed by atoms with Gasteiger partial charge < -0.3 is 25.2 Å². The van der Waals surface area contributed by atoms with Gasteiger partial charge in [0.25, 0.3) is 17.7 Å². The number of amides is 5. The largest absolute Gasteiger partial charge is 0.385 e. The highest BCUT2D eigenvalue weighted by Crippen LogP contribution is 2.51. The van der Waals surface area contributed by atoms with Crippen molar-refractivity contribution in [2.45, 2.75) is 63.6 Å². The summed E-state index contributed by atoms with van der Waals surface area (Å²) in [4.78, 5) is 66.6. The number of methoxy groups -OCH3 is 1. The summed E-state index contributed by atoms with van der Waals surface area (Å²) in [5.74, 6) is -4.36. The van der Waals surface area contributed by atoms with Crippen LogP contribution in [0.1, 0.15) is 63.2 Å². The number of anilines is 4. The number of imidazole rings is 1. The smallest absolute Gasteiger partial charge is 0.328 e. The standard InChI is InChI=1S/C46H48F3N11O5/c1-26-7-8-28(18-35(26)59-15-12-39(61)54-44(59)64)43(63)57-16-13-45(46(48,49)25-57)23-56(24-45)22-27-17-31(47)40(51-20-27)30-5-4-6-34-29(30)11-14-58(34)38-19-33(50-2)41-52-21-36(60(41)55-38)42(62)53-32-9-10-37(32)65-3/h4-8,17-21,32,37,50H,9-16,22-25H2,1-3H3,(H,53,62)(H,54,61,64)/t32?,37-/m1/s1. The molecule has 3 aromatic heterocycles. The maximum Gasteiger partial charge on any atom is 0.328 e. The number of carbonyl (C=O) groups is 4. The molecule has 5 aromatic rings. The van der Waals surface area contributed by atoms with Gasteiger partial charge in [-0.2, -0.15) is 0 Å². The van der Waals surface area contributed by atoms with Crippen LogP contribution in [-0.4, -0.2) is 125 Å². The van der Waals surface area contributed by atoms with Gasteiger partial charge in [0.1, 0.15) is 11.5 Å². The molecule has 0 radical (unpaired) electrons. The number of benzene rings is 2. The summed E-state index contributed by atoms with van der Waals surface area (Å²) in [6.07, 6.45) is 5.56. The quantitative estimate of drug-likeness (QED) is 0.166. The molecule has 1 aliphatic carbocycles. The number of urea groups is 1. The third-order valence-electron chi connectivity index (χ3n) is 13.8. The van der Waals surface area contributed by atoms with Crippen molar-refractivity contribution < 1.29 is 37.1 Å². The van der Waals surface area contributed by atoms with Crippen molar-refractivity contribution in [2.24, 2.45) is 5.41 Å². The molecule has 338 valence electrons. The number of likely N-dealkylation sites (tertiary alicyclic amines) is 2. The van der Waals surface area contributed by atoms with Gasteiger partial charge in [0.05, 0.1) is 36.0 Å². The third-order valence-corrected chi connectivity index (χ3v) is 13.8. The molecule has 3 N–H and O–H groups in total. The molecule has 0 bridgehead atoms. The molecule has 10 rings (SSSR count). The highest BCUT2D eigenvalue weighted by Gasteiger charge is 2.62. The number of aromatic nitrogens is 4. The van der Waals surface area contributed by atoms with Gasteiger partial charge in [0.2, 0.25) is 5.91 Å². The second kappa shape index (κ2) is 16.1. The van der Waals surface area contributed by atoms with E-state index < -0.39 is 35.6 Å². The Hall–Kier alpha value is -6.60. The molecule has 65 heavy (non-hydrogen) atoms. The lowest BCUT2D eigenvalue weighted by Gasteiger charge is -2.57. The van der Waals surface area contributed by atoms with Crippen LogP contribution in [0.5, 0.6) is 0 Å². The van der Waals surface area contributed by atoms with Gasteiger partial charge in [-0.15, -0.1) is 5.10 Å². The van der Waals surface area contributed by atoms with E-state index in [0.717, 1.165) is 24.1 Å². The summed E-state index contributed by atoms with van der Waals surface area (Å²) < 4.78 is 55.1. The zero-order valence-electron chi connectivity index (χ0n) is 36.2. The van der Waals surface area contributed by atoms with E-state index in [9.17, 15) is 19.2 Å². The number of nitrogens with zero attached hydrogens (tertiary/aromatic N) is 8. The molecule has 5 amide bonds. The van der Waals surface area contributed by atoms with E-state index in [2.05, 4.69) is 25.9 Å². The summed E-state index contributed by atoms with van der Waals surface area (Å²) in [5, 5.41) is 13.4. The molecule has 16 nitrogen and oxygen atoms in total. The number of rotatable bonds is 10. The van der Waals surface area contributed by atoms with E-state index in [-0.39, 0.29) is 80.8 Å². The fourth-order valence-electron chi connectivity index (χ4n) is 10.0. The Morgan fingerprint density at radius 2 is 1.77 bits per heavy atom. The summed E-state index contributed by atoms with van der Waals surface area (Å²) in [6.45, 7) is 2.25. The number of aryl methyl sites for hydroxylation is 1. The minimum absolute atomic E-state index is 0.0303. The summed E-state index contributed by atoms with van der Waals surface area (Å²) >= 11 is 0. The highest BCUT2D eigenvalue weighted by molar-refractivity contribution is 6.06. The Morgan fingerprint density at radius 1 is 0.954 bits per heavy atom. The number of imide groups is 1. The Balaban J connectivity index is 0.802. The van der Waals surface area contributed by atoms with Crippen LogP contribution in [0.15, 0.2) is 60.9 Å². The number of carbonyl (C=O) groups excluding carboxylic acids is 4. The van der Waals surface area contributed by atoms with Crippen LogP contribution in [-0.2, 0) is 22.5 Å². The van der Waals surface area contributed by atoms with E-state index in [0.29, 0.717) is 58.2 Å². The number of halogens is 3. The van der Waals surface area contributed by atoms with E-state index in [4.69, 9.17) is 9.84 Å².